The first-order valence-corrected chi connectivity index (χ1v) is 8.77. The third kappa shape index (κ3) is 4.25. The molecule has 1 saturated heterocycles. The molecule has 108 valence electrons. The highest BCUT2D eigenvalue weighted by Gasteiger charge is 2.26. The zero-order chi connectivity index (χ0) is 13.5. The third-order valence-corrected chi connectivity index (χ3v) is 5.13. The molecule has 1 fully saturated rings. The van der Waals surface area contributed by atoms with E-state index in [1.807, 2.05) is 0 Å². The Morgan fingerprint density at radius 3 is 3.00 bits per heavy atom. The van der Waals surface area contributed by atoms with E-state index in [2.05, 4.69) is 53.1 Å². The van der Waals surface area contributed by atoms with Crippen LogP contribution in [0.4, 0.5) is 0 Å². The Morgan fingerprint density at radius 2 is 2.32 bits per heavy atom. The van der Waals surface area contributed by atoms with E-state index in [1.54, 1.807) is 0 Å². The molecule has 19 heavy (non-hydrogen) atoms. The number of aryl methyl sites for hydroxylation is 1. The van der Waals surface area contributed by atoms with Crippen LogP contribution in [0.15, 0.2) is 12.4 Å². The predicted octanol–water partition coefficient (Wildman–Crippen LogP) is 3.62. The van der Waals surface area contributed by atoms with Crippen LogP contribution in [0.5, 0.6) is 0 Å². The average Bonchev–Trinajstić information content (AvgIpc) is 2.89. The number of aromatic nitrogens is 2. The van der Waals surface area contributed by atoms with E-state index in [0.717, 1.165) is 24.8 Å². The van der Waals surface area contributed by atoms with Crippen molar-refractivity contribution in [2.45, 2.75) is 63.8 Å². The standard InChI is InChI=1S/C15H27N3S/c1-3-8-16-15(14-7-5-6-10-19-14)13-11-17-18(12-13)9-4-2/h11-12,14-16H,3-10H2,1-2H3. The van der Waals surface area contributed by atoms with Crippen LogP contribution in [-0.4, -0.2) is 27.3 Å². The smallest absolute Gasteiger partial charge is 0.0538 e. The van der Waals surface area contributed by atoms with Gasteiger partial charge in [0.15, 0.2) is 0 Å². The SMILES string of the molecule is CCCNC(c1cnn(CCC)c1)C1CCCCS1. The Labute approximate surface area is 121 Å². The van der Waals surface area contributed by atoms with Gasteiger partial charge in [0.1, 0.15) is 0 Å². The molecule has 3 nitrogen and oxygen atoms in total. The Hall–Kier alpha value is -0.480. The number of rotatable bonds is 7. The van der Waals surface area contributed by atoms with Gasteiger partial charge in [-0.2, -0.15) is 16.9 Å². The first-order valence-electron chi connectivity index (χ1n) is 7.72. The molecule has 2 unspecified atom stereocenters. The quantitative estimate of drug-likeness (QED) is 0.828. The summed E-state index contributed by atoms with van der Waals surface area (Å²) in [5, 5.41) is 8.96. The fourth-order valence-corrected chi connectivity index (χ4v) is 4.14. The minimum atomic E-state index is 0.482. The summed E-state index contributed by atoms with van der Waals surface area (Å²) in [6.07, 6.45) is 10.8. The lowest BCUT2D eigenvalue weighted by Crippen LogP contribution is -2.32. The normalized spacial score (nSPS) is 21.5. The van der Waals surface area contributed by atoms with Gasteiger partial charge in [0.25, 0.3) is 0 Å². The number of hydrogen-bond acceptors (Lipinski definition) is 3. The summed E-state index contributed by atoms with van der Waals surface area (Å²) in [4.78, 5) is 0. The van der Waals surface area contributed by atoms with Crippen LogP contribution >= 0.6 is 11.8 Å². The highest BCUT2D eigenvalue weighted by molar-refractivity contribution is 8.00. The monoisotopic (exact) mass is 281 g/mol. The summed E-state index contributed by atoms with van der Waals surface area (Å²) < 4.78 is 2.09. The first kappa shape index (κ1) is 14.9. The summed E-state index contributed by atoms with van der Waals surface area (Å²) in [5.41, 5.74) is 1.38. The van der Waals surface area contributed by atoms with Crippen molar-refractivity contribution in [1.29, 1.82) is 0 Å². The van der Waals surface area contributed by atoms with E-state index in [-0.39, 0.29) is 0 Å². The fourth-order valence-electron chi connectivity index (χ4n) is 2.68. The Bertz CT molecular complexity index is 358. The van der Waals surface area contributed by atoms with Crippen molar-refractivity contribution in [3.8, 4) is 0 Å². The van der Waals surface area contributed by atoms with Gasteiger partial charge in [0.2, 0.25) is 0 Å². The van der Waals surface area contributed by atoms with Crippen LogP contribution in [0.25, 0.3) is 0 Å². The summed E-state index contributed by atoms with van der Waals surface area (Å²) in [7, 11) is 0. The predicted molar refractivity (Wildman–Crippen MR) is 83.6 cm³/mol. The molecule has 0 radical (unpaired) electrons. The molecule has 0 aromatic carbocycles. The summed E-state index contributed by atoms with van der Waals surface area (Å²) >= 11 is 2.14. The van der Waals surface area contributed by atoms with Crippen LogP contribution in [0.1, 0.15) is 57.6 Å². The molecule has 1 aromatic rings. The Morgan fingerprint density at radius 1 is 1.42 bits per heavy atom. The van der Waals surface area contributed by atoms with Crippen LogP contribution < -0.4 is 5.32 Å². The van der Waals surface area contributed by atoms with Gasteiger partial charge < -0.3 is 5.32 Å². The van der Waals surface area contributed by atoms with Gasteiger partial charge in [0, 0.05) is 29.6 Å². The Balaban J connectivity index is 2.05. The summed E-state index contributed by atoms with van der Waals surface area (Å²) in [6.45, 7) is 6.56. The fraction of sp³-hybridized carbons (Fsp3) is 0.800. The zero-order valence-electron chi connectivity index (χ0n) is 12.3. The van der Waals surface area contributed by atoms with Gasteiger partial charge >= 0.3 is 0 Å². The van der Waals surface area contributed by atoms with Crippen molar-refractivity contribution < 1.29 is 0 Å². The molecule has 1 aliphatic rings. The van der Waals surface area contributed by atoms with Crippen molar-refractivity contribution >= 4 is 11.8 Å². The summed E-state index contributed by atoms with van der Waals surface area (Å²) in [5.74, 6) is 1.32. The minimum Gasteiger partial charge on any atom is -0.309 e. The highest BCUT2D eigenvalue weighted by Crippen LogP contribution is 2.34. The molecule has 1 aromatic heterocycles. The number of thioether (sulfide) groups is 1. The maximum Gasteiger partial charge on any atom is 0.0538 e. The van der Waals surface area contributed by atoms with Gasteiger partial charge in [-0.05, 0) is 38.0 Å². The number of nitrogens with one attached hydrogen (secondary N) is 1. The largest absolute Gasteiger partial charge is 0.309 e. The van der Waals surface area contributed by atoms with Crippen LogP contribution in [0.3, 0.4) is 0 Å². The van der Waals surface area contributed by atoms with Gasteiger partial charge in [-0.3, -0.25) is 4.68 Å². The van der Waals surface area contributed by atoms with Crippen LogP contribution in [-0.2, 0) is 6.54 Å². The number of nitrogens with zero attached hydrogens (tertiary/aromatic N) is 2. The molecule has 4 heteroatoms. The third-order valence-electron chi connectivity index (χ3n) is 3.67. The molecule has 2 atom stereocenters. The van der Waals surface area contributed by atoms with Crippen molar-refractivity contribution in [2.75, 3.05) is 12.3 Å². The second-order valence-corrected chi connectivity index (χ2v) is 6.72. The van der Waals surface area contributed by atoms with Gasteiger partial charge in [-0.1, -0.05) is 20.3 Å². The second kappa shape index (κ2) is 7.95. The highest BCUT2D eigenvalue weighted by atomic mass is 32.2. The molecular formula is C15H27N3S. The van der Waals surface area contributed by atoms with Gasteiger partial charge in [0.05, 0.1) is 6.20 Å². The Kier molecular flexibility index (Phi) is 6.24. The summed E-state index contributed by atoms with van der Waals surface area (Å²) in [6, 6.07) is 0.482. The van der Waals surface area contributed by atoms with Crippen LogP contribution in [0, 0.1) is 0 Å². The second-order valence-electron chi connectivity index (χ2n) is 5.37. The van der Waals surface area contributed by atoms with E-state index in [9.17, 15) is 0 Å². The lowest BCUT2D eigenvalue weighted by molar-refractivity contribution is 0.478. The molecule has 0 saturated carbocycles. The van der Waals surface area contributed by atoms with Gasteiger partial charge in [-0.25, -0.2) is 0 Å². The molecule has 0 bridgehead atoms. The van der Waals surface area contributed by atoms with Crippen molar-refractivity contribution in [3.63, 3.8) is 0 Å². The van der Waals surface area contributed by atoms with E-state index in [1.165, 1.54) is 37.0 Å². The lowest BCUT2D eigenvalue weighted by atomic mass is 10.0. The average molecular weight is 281 g/mol. The van der Waals surface area contributed by atoms with E-state index >= 15 is 0 Å². The molecule has 1 aliphatic heterocycles. The molecular weight excluding hydrogens is 254 g/mol. The molecule has 2 heterocycles. The number of hydrogen-bond donors (Lipinski definition) is 1. The first-order chi connectivity index (χ1) is 9.35. The van der Waals surface area contributed by atoms with Crippen molar-refractivity contribution in [2.24, 2.45) is 0 Å². The molecule has 0 spiro atoms. The minimum absolute atomic E-state index is 0.482. The van der Waals surface area contributed by atoms with Crippen molar-refractivity contribution in [3.05, 3.63) is 18.0 Å². The van der Waals surface area contributed by atoms with Crippen molar-refractivity contribution in [1.82, 2.24) is 15.1 Å². The van der Waals surface area contributed by atoms with E-state index < -0.39 is 0 Å². The van der Waals surface area contributed by atoms with Crippen LogP contribution in [0.2, 0.25) is 0 Å². The molecule has 0 aliphatic carbocycles. The van der Waals surface area contributed by atoms with E-state index in [0.29, 0.717) is 6.04 Å². The maximum atomic E-state index is 4.50. The zero-order valence-corrected chi connectivity index (χ0v) is 13.1. The molecule has 1 N–H and O–H groups in total. The van der Waals surface area contributed by atoms with E-state index in [4.69, 9.17) is 0 Å². The lowest BCUT2D eigenvalue weighted by Gasteiger charge is -2.30. The maximum absolute atomic E-state index is 4.50. The molecule has 2 rings (SSSR count). The topological polar surface area (TPSA) is 29.9 Å². The van der Waals surface area contributed by atoms with Gasteiger partial charge in [-0.15, -0.1) is 0 Å². The molecule has 0 amide bonds.